The monoisotopic (exact) mass is 337 g/mol. The van der Waals surface area contributed by atoms with E-state index in [9.17, 15) is 13.2 Å². The topological polar surface area (TPSA) is 21.3 Å². The number of rotatable bonds is 6. The Morgan fingerprint density at radius 2 is 2.16 bits per heavy atom. The summed E-state index contributed by atoms with van der Waals surface area (Å²) in [7, 11) is 0. The van der Waals surface area contributed by atoms with Gasteiger partial charge in [0.2, 0.25) is 0 Å². The van der Waals surface area contributed by atoms with Gasteiger partial charge in [-0.1, -0.05) is 6.08 Å². The summed E-state index contributed by atoms with van der Waals surface area (Å²) in [5, 5.41) is 3.19. The fourth-order valence-corrected chi connectivity index (χ4v) is 1.98. The third-order valence-electron chi connectivity index (χ3n) is 2.37. The van der Waals surface area contributed by atoms with Gasteiger partial charge >= 0.3 is 6.36 Å². The van der Waals surface area contributed by atoms with Crippen LogP contribution in [0.2, 0.25) is 0 Å². The van der Waals surface area contributed by atoms with Gasteiger partial charge < -0.3 is 10.1 Å². The molecule has 0 aromatic heterocycles. The van der Waals surface area contributed by atoms with Crippen LogP contribution in [-0.4, -0.2) is 12.4 Å². The lowest BCUT2D eigenvalue weighted by molar-refractivity contribution is -0.274. The number of allylic oxidation sites excluding steroid dienone is 1. The van der Waals surface area contributed by atoms with Crippen molar-refractivity contribution in [1.29, 1.82) is 0 Å². The molecule has 1 unspecified atom stereocenters. The average Bonchev–Trinajstić information content (AvgIpc) is 2.28. The van der Waals surface area contributed by atoms with Gasteiger partial charge in [-0.05, 0) is 53.9 Å². The summed E-state index contributed by atoms with van der Waals surface area (Å²) >= 11 is 3.06. The highest BCUT2D eigenvalue weighted by Gasteiger charge is 2.31. The maximum atomic E-state index is 12.1. The molecule has 1 rings (SSSR count). The second kappa shape index (κ2) is 6.84. The first-order valence-electron chi connectivity index (χ1n) is 5.74. The van der Waals surface area contributed by atoms with E-state index in [1.165, 1.54) is 6.07 Å². The highest BCUT2D eigenvalue weighted by atomic mass is 79.9. The van der Waals surface area contributed by atoms with Crippen molar-refractivity contribution in [2.24, 2.45) is 0 Å². The maximum absolute atomic E-state index is 12.1. The molecule has 0 bridgehead atoms. The zero-order valence-electron chi connectivity index (χ0n) is 10.4. The zero-order chi connectivity index (χ0) is 14.5. The van der Waals surface area contributed by atoms with E-state index in [0.717, 1.165) is 18.5 Å². The zero-order valence-corrected chi connectivity index (χ0v) is 12.0. The van der Waals surface area contributed by atoms with E-state index in [1.807, 2.05) is 13.0 Å². The number of ether oxygens (including phenoxy) is 1. The van der Waals surface area contributed by atoms with Gasteiger partial charge in [0, 0.05) is 11.7 Å². The Morgan fingerprint density at radius 1 is 1.47 bits per heavy atom. The smallest absolute Gasteiger partial charge is 0.405 e. The van der Waals surface area contributed by atoms with Crippen molar-refractivity contribution in [2.75, 3.05) is 5.32 Å². The SMILES string of the molecule is C=CCCC(C)Nc1ccc(OC(F)(F)F)c(Br)c1. The maximum Gasteiger partial charge on any atom is 0.573 e. The first-order chi connectivity index (χ1) is 8.81. The summed E-state index contributed by atoms with van der Waals surface area (Å²) in [6.07, 6.45) is -1.07. The molecule has 6 heteroatoms. The molecule has 1 atom stereocenters. The third-order valence-corrected chi connectivity index (χ3v) is 2.99. The second-order valence-electron chi connectivity index (χ2n) is 4.10. The van der Waals surface area contributed by atoms with Gasteiger partial charge in [-0.2, -0.15) is 0 Å². The van der Waals surface area contributed by atoms with E-state index in [1.54, 1.807) is 12.1 Å². The van der Waals surface area contributed by atoms with Crippen molar-refractivity contribution >= 4 is 21.6 Å². The summed E-state index contributed by atoms with van der Waals surface area (Å²) < 4.78 is 40.4. The Balaban J connectivity index is 2.68. The van der Waals surface area contributed by atoms with Gasteiger partial charge in [-0.15, -0.1) is 19.8 Å². The first kappa shape index (κ1) is 15.9. The standard InChI is InChI=1S/C13H15BrF3NO/c1-3-4-5-9(2)18-10-6-7-12(11(14)8-10)19-13(15,16)17/h3,6-9,18H,1,4-5H2,2H3. The van der Waals surface area contributed by atoms with Crippen molar-refractivity contribution in [3.63, 3.8) is 0 Å². The van der Waals surface area contributed by atoms with Gasteiger partial charge in [0.1, 0.15) is 5.75 Å². The average molecular weight is 338 g/mol. The van der Waals surface area contributed by atoms with Crippen LogP contribution >= 0.6 is 15.9 Å². The van der Waals surface area contributed by atoms with Crippen LogP contribution in [0.5, 0.6) is 5.75 Å². The molecule has 0 saturated heterocycles. The van der Waals surface area contributed by atoms with Gasteiger partial charge in [0.25, 0.3) is 0 Å². The van der Waals surface area contributed by atoms with E-state index >= 15 is 0 Å². The summed E-state index contributed by atoms with van der Waals surface area (Å²) in [5.41, 5.74) is 0.734. The van der Waals surface area contributed by atoms with Gasteiger partial charge in [-0.25, -0.2) is 0 Å². The van der Waals surface area contributed by atoms with Crippen LogP contribution in [0, 0.1) is 0 Å². The van der Waals surface area contributed by atoms with Crippen LogP contribution in [0.1, 0.15) is 19.8 Å². The van der Waals surface area contributed by atoms with Crippen molar-refractivity contribution in [2.45, 2.75) is 32.2 Å². The van der Waals surface area contributed by atoms with Crippen LogP contribution in [0.15, 0.2) is 35.3 Å². The van der Waals surface area contributed by atoms with E-state index in [-0.39, 0.29) is 16.3 Å². The van der Waals surface area contributed by atoms with E-state index < -0.39 is 6.36 Å². The van der Waals surface area contributed by atoms with Crippen LogP contribution in [0.25, 0.3) is 0 Å². The molecule has 0 fully saturated rings. The Kier molecular flexibility index (Phi) is 5.72. The molecular weight excluding hydrogens is 323 g/mol. The Bertz CT molecular complexity index is 434. The molecule has 0 aliphatic rings. The summed E-state index contributed by atoms with van der Waals surface area (Å²) in [5.74, 6) is -0.253. The van der Waals surface area contributed by atoms with Crippen molar-refractivity contribution in [1.82, 2.24) is 0 Å². The summed E-state index contributed by atoms with van der Waals surface area (Å²) in [4.78, 5) is 0. The van der Waals surface area contributed by atoms with E-state index in [2.05, 4.69) is 32.6 Å². The van der Waals surface area contributed by atoms with Gasteiger partial charge in [-0.3, -0.25) is 0 Å². The molecule has 1 aromatic rings. The molecule has 0 saturated carbocycles. The molecule has 19 heavy (non-hydrogen) atoms. The Morgan fingerprint density at radius 3 is 2.68 bits per heavy atom. The first-order valence-corrected chi connectivity index (χ1v) is 6.54. The minimum absolute atomic E-state index is 0.208. The lowest BCUT2D eigenvalue weighted by atomic mass is 10.1. The minimum atomic E-state index is -4.69. The molecule has 106 valence electrons. The predicted molar refractivity (Wildman–Crippen MR) is 73.3 cm³/mol. The largest absolute Gasteiger partial charge is 0.573 e. The molecule has 1 N–H and O–H groups in total. The predicted octanol–water partition coefficient (Wildman–Crippen LogP) is 5.11. The van der Waals surface area contributed by atoms with Crippen molar-refractivity contribution < 1.29 is 17.9 Å². The van der Waals surface area contributed by atoms with Gasteiger partial charge in [0.05, 0.1) is 4.47 Å². The molecule has 0 radical (unpaired) electrons. The van der Waals surface area contributed by atoms with Crippen LogP contribution in [0.4, 0.5) is 18.9 Å². The fraction of sp³-hybridized carbons (Fsp3) is 0.385. The van der Waals surface area contributed by atoms with Crippen LogP contribution < -0.4 is 10.1 Å². The number of anilines is 1. The number of benzene rings is 1. The van der Waals surface area contributed by atoms with E-state index in [0.29, 0.717) is 0 Å². The molecule has 0 aliphatic heterocycles. The number of alkyl halides is 3. The highest BCUT2D eigenvalue weighted by Crippen LogP contribution is 2.32. The number of hydrogen-bond acceptors (Lipinski definition) is 2. The van der Waals surface area contributed by atoms with Crippen molar-refractivity contribution in [3.8, 4) is 5.75 Å². The number of halogens is 4. The molecule has 0 amide bonds. The van der Waals surface area contributed by atoms with Crippen molar-refractivity contribution in [3.05, 3.63) is 35.3 Å². The Labute approximate surface area is 118 Å². The van der Waals surface area contributed by atoms with Gasteiger partial charge in [0.15, 0.2) is 0 Å². The lowest BCUT2D eigenvalue weighted by Crippen LogP contribution is -2.18. The fourth-order valence-electron chi connectivity index (χ4n) is 1.52. The molecule has 0 aliphatic carbocycles. The molecule has 2 nitrogen and oxygen atoms in total. The summed E-state index contributed by atoms with van der Waals surface area (Å²) in [6, 6.07) is 4.60. The molecule has 0 heterocycles. The molecular formula is C13H15BrF3NO. The summed E-state index contributed by atoms with van der Waals surface area (Å²) in [6.45, 7) is 5.64. The Hall–Kier alpha value is -1.17. The van der Waals surface area contributed by atoms with Crippen LogP contribution in [0.3, 0.4) is 0 Å². The number of nitrogens with one attached hydrogen (secondary N) is 1. The van der Waals surface area contributed by atoms with Crippen LogP contribution in [-0.2, 0) is 0 Å². The second-order valence-corrected chi connectivity index (χ2v) is 4.96. The molecule has 1 aromatic carbocycles. The molecule has 0 spiro atoms. The normalized spacial score (nSPS) is 12.9. The lowest BCUT2D eigenvalue weighted by Gasteiger charge is -2.16. The third kappa shape index (κ3) is 6.00. The number of hydrogen-bond donors (Lipinski definition) is 1. The minimum Gasteiger partial charge on any atom is -0.405 e. The highest BCUT2D eigenvalue weighted by molar-refractivity contribution is 9.10. The quantitative estimate of drug-likeness (QED) is 0.728. The van der Waals surface area contributed by atoms with E-state index in [4.69, 9.17) is 0 Å².